The largest absolute Gasteiger partial charge is 0.383 e. The molecule has 6 nitrogen and oxygen atoms in total. The van der Waals surface area contributed by atoms with Crippen molar-refractivity contribution in [3.63, 3.8) is 0 Å². The molecule has 0 bridgehead atoms. The van der Waals surface area contributed by atoms with Crippen molar-refractivity contribution < 1.29 is 4.79 Å². The highest BCUT2D eigenvalue weighted by Crippen LogP contribution is 2.17. The van der Waals surface area contributed by atoms with Crippen molar-refractivity contribution in [2.75, 3.05) is 17.6 Å². The summed E-state index contributed by atoms with van der Waals surface area (Å²) in [5.41, 5.74) is 6.61. The average Bonchev–Trinajstić information content (AvgIpc) is 2.67. The van der Waals surface area contributed by atoms with E-state index in [0.29, 0.717) is 24.6 Å². The number of nitrogens with zero attached hydrogens (tertiary/aromatic N) is 2. The molecule has 92 valence electrons. The first kappa shape index (κ1) is 11.6. The number of hydrogen-bond acceptors (Lipinski definition) is 5. The van der Waals surface area contributed by atoms with E-state index in [1.165, 1.54) is 0 Å². The number of rotatable bonds is 3. The van der Waals surface area contributed by atoms with Crippen LogP contribution in [0.15, 0.2) is 0 Å². The van der Waals surface area contributed by atoms with Gasteiger partial charge in [-0.15, -0.1) is 0 Å². The fourth-order valence-corrected chi connectivity index (χ4v) is 1.87. The Balaban J connectivity index is 2.01. The van der Waals surface area contributed by atoms with E-state index >= 15 is 0 Å². The normalized spacial score (nSPS) is 19.2. The zero-order valence-corrected chi connectivity index (χ0v) is 10.1. The van der Waals surface area contributed by atoms with Crippen molar-refractivity contribution in [3.8, 4) is 0 Å². The molecule has 2 heterocycles. The van der Waals surface area contributed by atoms with Gasteiger partial charge in [0.15, 0.2) is 0 Å². The zero-order valence-electron chi connectivity index (χ0n) is 10.1. The third-order valence-electron chi connectivity index (χ3n) is 2.90. The minimum Gasteiger partial charge on any atom is -0.383 e. The smallest absolute Gasteiger partial charge is 0.220 e. The Morgan fingerprint density at radius 2 is 2.24 bits per heavy atom. The van der Waals surface area contributed by atoms with Gasteiger partial charge >= 0.3 is 0 Å². The summed E-state index contributed by atoms with van der Waals surface area (Å²) in [7, 11) is 0. The molecule has 1 aliphatic heterocycles. The minimum atomic E-state index is 0.118. The Morgan fingerprint density at radius 3 is 2.88 bits per heavy atom. The molecular weight excluding hydrogens is 218 g/mol. The predicted molar refractivity (Wildman–Crippen MR) is 65.6 cm³/mol. The maximum Gasteiger partial charge on any atom is 0.220 e. The van der Waals surface area contributed by atoms with Crippen LogP contribution >= 0.6 is 0 Å². The number of aromatic nitrogens is 2. The summed E-state index contributed by atoms with van der Waals surface area (Å²) in [5, 5.41) is 6.11. The molecule has 6 heteroatoms. The molecule has 1 unspecified atom stereocenters. The molecular formula is C11H17N5O. The molecule has 1 fully saturated rings. The van der Waals surface area contributed by atoms with Gasteiger partial charge in [-0.1, -0.05) is 0 Å². The lowest BCUT2D eigenvalue weighted by Crippen LogP contribution is -2.32. The maximum absolute atomic E-state index is 11.1. The van der Waals surface area contributed by atoms with Crippen LogP contribution in [0.3, 0.4) is 0 Å². The van der Waals surface area contributed by atoms with Gasteiger partial charge in [0, 0.05) is 24.6 Å². The van der Waals surface area contributed by atoms with Gasteiger partial charge in [-0.25, -0.2) is 9.97 Å². The standard InChI is InChI=1S/C11H17N5O/c1-6-10(12)14-7(2)15-11(6)13-5-8-3-4-9(17)16-8/h8H,3-5H2,1-2H3,(H,16,17)(H3,12,13,14,15). The molecule has 1 saturated heterocycles. The topological polar surface area (TPSA) is 92.9 Å². The van der Waals surface area contributed by atoms with Gasteiger partial charge in [-0.2, -0.15) is 0 Å². The number of nitrogens with one attached hydrogen (secondary N) is 2. The van der Waals surface area contributed by atoms with Gasteiger partial charge in [-0.05, 0) is 20.3 Å². The fraction of sp³-hybridized carbons (Fsp3) is 0.545. The maximum atomic E-state index is 11.1. The number of anilines is 2. The number of amides is 1. The molecule has 1 aromatic rings. The van der Waals surface area contributed by atoms with Gasteiger partial charge < -0.3 is 16.4 Å². The van der Waals surface area contributed by atoms with Crippen molar-refractivity contribution in [1.29, 1.82) is 0 Å². The van der Waals surface area contributed by atoms with Crippen LogP contribution in [0.4, 0.5) is 11.6 Å². The summed E-state index contributed by atoms with van der Waals surface area (Å²) in [5.74, 6) is 2.00. The Labute approximate surface area is 100 Å². The second kappa shape index (κ2) is 4.57. The lowest BCUT2D eigenvalue weighted by molar-refractivity contribution is -0.119. The minimum absolute atomic E-state index is 0.118. The van der Waals surface area contributed by atoms with E-state index in [4.69, 9.17) is 5.73 Å². The van der Waals surface area contributed by atoms with Crippen LogP contribution in [0.1, 0.15) is 24.2 Å². The molecule has 2 rings (SSSR count). The van der Waals surface area contributed by atoms with Gasteiger partial charge in [0.1, 0.15) is 17.5 Å². The molecule has 0 aliphatic carbocycles. The zero-order chi connectivity index (χ0) is 12.4. The number of carbonyl (C=O) groups excluding carboxylic acids is 1. The monoisotopic (exact) mass is 235 g/mol. The fourth-order valence-electron chi connectivity index (χ4n) is 1.87. The SMILES string of the molecule is Cc1nc(N)c(C)c(NCC2CCC(=O)N2)n1. The molecule has 1 aliphatic rings. The van der Waals surface area contributed by atoms with Gasteiger partial charge in [0.05, 0.1) is 0 Å². The van der Waals surface area contributed by atoms with Crippen LogP contribution in [-0.2, 0) is 4.79 Å². The second-order valence-corrected chi connectivity index (χ2v) is 4.31. The van der Waals surface area contributed by atoms with Crippen LogP contribution in [0.5, 0.6) is 0 Å². The van der Waals surface area contributed by atoms with Crippen molar-refractivity contribution in [1.82, 2.24) is 15.3 Å². The first-order valence-corrected chi connectivity index (χ1v) is 5.70. The first-order chi connectivity index (χ1) is 8.06. The van der Waals surface area contributed by atoms with E-state index in [1.54, 1.807) is 6.92 Å². The van der Waals surface area contributed by atoms with Crippen LogP contribution in [0, 0.1) is 13.8 Å². The van der Waals surface area contributed by atoms with E-state index in [-0.39, 0.29) is 11.9 Å². The highest BCUT2D eigenvalue weighted by atomic mass is 16.1. The third-order valence-corrected chi connectivity index (χ3v) is 2.90. The van der Waals surface area contributed by atoms with E-state index < -0.39 is 0 Å². The summed E-state index contributed by atoms with van der Waals surface area (Å²) < 4.78 is 0. The summed E-state index contributed by atoms with van der Waals surface area (Å²) in [6, 6.07) is 0.179. The van der Waals surface area contributed by atoms with Crippen LogP contribution in [0.2, 0.25) is 0 Å². The van der Waals surface area contributed by atoms with E-state index in [2.05, 4.69) is 20.6 Å². The lowest BCUT2D eigenvalue weighted by atomic mass is 10.2. The summed E-state index contributed by atoms with van der Waals surface area (Å²) in [6.07, 6.45) is 1.47. The van der Waals surface area contributed by atoms with E-state index in [0.717, 1.165) is 17.8 Å². The highest BCUT2D eigenvalue weighted by molar-refractivity contribution is 5.78. The van der Waals surface area contributed by atoms with Crippen molar-refractivity contribution in [2.45, 2.75) is 32.7 Å². The van der Waals surface area contributed by atoms with Gasteiger partial charge in [0.2, 0.25) is 5.91 Å². The molecule has 1 atom stereocenters. The summed E-state index contributed by atoms with van der Waals surface area (Å²) in [4.78, 5) is 19.4. The lowest BCUT2D eigenvalue weighted by Gasteiger charge is -2.14. The Bertz CT molecular complexity index is 446. The predicted octanol–water partition coefficient (Wildman–Crippen LogP) is 0.366. The van der Waals surface area contributed by atoms with Crippen molar-refractivity contribution in [3.05, 3.63) is 11.4 Å². The van der Waals surface area contributed by atoms with Crippen LogP contribution in [-0.4, -0.2) is 28.5 Å². The average molecular weight is 235 g/mol. The van der Waals surface area contributed by atoms with Gasteiger partial charge in [0.25, 0.3) is 0 Å². The van der Waals surface area contributed by atoms with E-state index in [9.17, 15) is 4.79 Å². The number of nitrogen functional groups attached to an aromatic ring is 1. The quantitative estimate of drug-likeness (QED) is 0.703. The number of aryl methyl sites for hydroxylation is 1. The molecule has 0 aromatic carbocycles. The third kappa shape index (κ3) is 2.64. The van der Waals surface area contributed by atoms with E-state index in [1.807, 2.05) is 6.92 Å². The van der Waals surface area contributed by atoms with Crippen LogP contribution < -0.4 is 16.4 Å². The molecule has 0 saturated carbocycles. The van der Waals surface area contributed by atoms with Crippen LogP contribution in [0.25, 0.3) is 0 Å². The number of carbonyl (C=O) groups is 1. The molecule has 4 N–H and O–H groups in total. The number of hydrogen-bond donors (Lipinski definition) is 3. The molecule has 17 heavy (non-hydrogen) atoms. The molecule has 1 aromatic heterocycles. The Kier molecular flexibility index (Phi) is 3.12. The molecule has 1 amide bonds. The summed E-state index contributed by atoms with van der Waals surface area (Å²) in [6.45, 7) is 4.35. The Morgan fingerprint density at radius 1 is 1.47 bits per heavy atom. The van der Waals surface area contributed by atoms with Crippen molar-refractivity contribution in [2.24, 2.45) is 0 Å². The molecule has 0 spiro atoms. The summed E-state index contributed by atoms with van der Waals surface area (Å²) >= 11 is 0. The number of nitrogens with two attached hydrogens (primary N) is 1. The van der Waals surface area contributed by atoms with Crippen molar-refractivity contribution >= 4 is 17.5 Å². The molecule has 0 radical (unpaired) electrons. The Hall–Kier alpha value is -1.85. The van der Waals surface area contributed by atoms with Gasteiger partial charge in [-0.3, -0.25) is 4.79 Å². The first-order valence-electron chi connectivity index (χ1n) is 5.70. The second-order valence-electron chi connectivity index (χ2n) is 4.31. The highest BCUT2D eigenvalue weighted by Gasteiger charge is 2.20.